The number of hydrogen-bond acceptors (Lipinski definition) is 6. The van der Waals surface area contributed by atoms with Crippen LogP contribution in [0.3, 0.4) is 0 Å². The van der Waals surface area contributed by atoms with Crippen molar-refractivity contribution in [2.45, 2.75) is 43.8 Å². The monoisotopic (exact) mass is 532 g/mol. The molecule has 0 spiro atoms. The van der Waals surface area contributed by atoms with E-state index in [1.165, 1.54) is 48.5 Å². The fraction of sp³-hybridized carbons (Fsp3) is 0.308. The van der Waals surface area contributed by atoms with Crippen molar-refractivity contribution in [3.63, 3.8) is 0 Å². The van der Waals surface area contributed by atoms with E-state index in [0.29, 0.717) is 17.8 Å². The summed E-state index contributed by atoms with van der Waals surface area (Å²) in [5.74, 6) is -0.343. The predicted octanol–water partition coefficient (Wildman–Crippen LogP) is 5.09. The molecule has 1 amide bonds. The second-order valence-corrected chi connectivity index (χ2v) is 11.6. The lowest BCUT2D eigenvalue weighted by Crippen LogP contribution is -2.41. The molecule has 7 nitrogen and oxygen atoms in total. The van der Waals surface area contributed by atoms with E-state index in [-0.39, 0.29) is 27.9 Å². The topological polar surface area (TPSA) is 105 Å². The van der Waals surface area contributed by atoms with Crippen LogP contribution >= 0.6 is 0 Å². The molecule has 3 N–H and O–H groups in total. The molecule has 1 fully saturated rings. The predicted molar refractivity (Wildman–Crippen MR) is 135 cm³/mol. The number of benzene rings is 2. The Kier molecular flexibility index (Phi) is 6.70. The van der Waals surface area contributed by atoms with Crippen LogP contribution in [0.2, 0.25) is 0 Å². The fourth-order valence-corrected chi connectivity index (χ4v) is 5.72. The highest BCUT2D eigenvalue weighted by molar-refractivity contribution is 7.90. The lowest BCUT2D eigenvalue weighted by atomic mass is 9.97. The van der Waals surface area contributed by atoms with Gasteiger partial charge in [0.1, 0.15) is 5.82 Å². The standard InChI is InChI=1S/C26H27F3N4O3S/c1-16-14-25(2,3)33(15-16)23-21(24(34)32-37(35,36)20-6-4-5-19(30)13-20)11-12-22(31-23)17-7-9-18(10-8-17)26(27,28)29/h4-13,16H,14-15,30H2,1-3H3,(H,32,34)/t16-/m0/s1. The van der Waals surface area contributed by atoms with E-state index in [0.717, 1.165) is 18.6 Å². The number of nitrogens with one attached hydrogen (secondary N) is 1. The zero-order chi connectivity index (χ0) is 27.2. The number of carbonyl (C=O) groups is 1. The number of amides is 1. The third-order valence-corrected chi connectivity index (χ3v) is 7.68. The smallest absolute Gasteiger partial charge is 0.399 e. The quantitative estimate of drug-likeness (QED) is 0.444. The molecule has 1 atom stereocenters. The maximum atomic E-state index is 13.3. The minimum absolute atomic E-state index is 0.0327. The Bertz CT molecular complexity index is 1440. The number of anilines is 2. The van der Waals surface area contributed by atoms with Gasteiger partial charge in [-0.2, -0.15) is 13.2 Å². The zero-order valence-electron chi connectivity index (χ0n) is 20.5. The van der Waals surface area contributed by atoms with Crippen LogP contribution in [-0.4, -0.2) is 31.4 Å². The summed E-state index contributed by atoms with van der Waals surface area (Å²) in [6, 6.07) is 13.1. The first kappa shape index (κ1) is 26.5. The van der Waals surface area contributed by atoms with Gasteiger partial charge in [-0.05, 0) is 68.7 Å². The first-order valence-electron chi connectivity index (χ1n) is 11.6. The Hall–Kier alpha value is -3.60. The van der Waals surface area contributed by atoms with Crippen molar-refractivity contribution in [1.29, 1.82) is 0 Å². The van der Waals surface area contributed by atoms with Crippen LogP contribution in [0.4, 0.5) is 24.7 Å². The molecule has 37 heavy (non-hydrogen) atoms. The minimum Gasteiger partial charge on any atom is -0.399 e. The molecule has 196 valence electrons. The highest BCUT2D eigenvalue weighted by atomic mass is 32.2. The maximum absolute atomic E-state index is 13.3. The molecule has 1 aliphatic heterocycles. The van der Waals surface area contributed by atoms with Crippen LogP contribution in [0, 0.1) is 5.92 Å². The van der Waals surface area contributed by atoms with E-state index in [1.807, 2.05) is 18.7 Å². The Morgan fingerprint density at radius 3 is 2.35 bits per heavy atom. The molecule has 2 aromatic carbocycles. The van der Waals surface area contributed by atoms with Gasteiger partial charge >= 0.3 is 6.18 Å². The molecule has 4 rings (SSSR count). The van der Waals surface area contributed by atoms with Gasteiger partial charge in [0.2, 0.25) is 0 Å². The number of rotatable bonds is 5. The van der Waals surface area contributed by atoms with Gasteiger partial charge in [-0.15, -0.1) is 0 Å². The Labute approximate surface area is 213 Å². The number of nitrogens with two attached hydrogens (primary N) is 1. The van der Waals surface area contributed by atoms with Gasteiger partial charge in [0.05, 0.1) is 21.7 Å². The number of nitrogen functional groups attached to an aromatic ring is 1. The largest absolute Gasteiger partial charge is 0.416 e. The lowest BCUT2D eigenvalue weighted by Gasteiger charge is -2.34. The molecule has 2 heterocycles. The summed E-state index contributed by atoms with van der Waals surface area (Å²) >= 11 is 0. The molecule has 0 unspecified atom stereocenters. The second kappa shape index (κ2) is 9.37. The van der Waals surface area contributed by atoms with Gasteiger partial charge in [-0.3, -0.25) is 4.79 Å². The zero-order valence-corrected chi connectivity index (χ0v) is 21.3. The van der Waals surface area contributed by atoms with Crippen molar-refractivity contribution < 1.29 is 26.4 Å². The van der Waals surface area contributed by atoms with Crippen molar-refractivity contribution in [1.82, 2.24) is 9.71 Å². The van der Waals surface area contributed by atoms with E-state index < -0.39 is 33.2 Å². The lowest BCUT2D eigenvalue weighted by molar-refractivity contribution is -0.137. The van der Waals surface area contributed by atoms with E-state index in [1.54, 1.807) is 0 Å². The number of sulfonamides is 1. The van der Waals surface area contributed by atoms with Crippen LogP contribution in [0.15, 0.2) is 65.6 Å². The third kappa shape index (κ3) is 5.56. The van der Waals surface area contributed by atoms with Crippen molar-refractivity contribution in [3.8, 4) is 11.3 Å². The van der Waals surface area contributed by atoms with Gasteiger partial charge in [0.15, 0.2) is 0 Å². The van der Waals surface area contributed by atoms with Gasteiger partial charge < -0.3 is 10.6 Å². The van der Waals surface area contributed by atoms with Crippen molar-refractivity contribution in [2.24, 2.45) is 5.92 Å². The van der Waals surface area contributed by atoms with Crippen molar-refractivity contribution >= 4 is 27.4 Å². The van der Waals surface area contributed by atoms with E-state index in [4.69, 9.17) is 5.73 Å². The summed E-state index contributed by atoms with van der Waals surface area (Å²) in [5, 5.41) is 0. The number of carbonyl (C=O) groups excluding carboxylic acids is 1. The molecule has 0 radical (unpaired) electrons. The average molecular weight is 533 g/mol. The Morgan fingerprint density at radius 2 is 1.78 bits per heavy atom. The van der Waals surface area contributed by atoms with Crippen LogP contribution in [0.5, 0.6) is 0 Å². The van der Waals surface area contributed by atoms with Crippen LogP contribution in [0.25, 0.3) is 11.3 Å². The van der Waals surface area contributed by atoms with Crippen LogP contribution < -0.4 is 15.4 Å². The van der Waals surface area contributed by atoms with E-state index >= 15 is 0 Å². The summed E-state index contributed by atoms with van der Waals surface area (Å²) in [7, 11) is -4.22. The number of pyridine rings is 1. The number of aromatic nitrogens is 1. The Morgan fingerprint density at radius 1 is 1.11 bits per heavy atom. The summed E-state index contributed by atoms with van der Waals surface area (Å²) < 4.78 is 66.9. The second-order valence-electron chi connectivity index (χ2n) is 9.88. The van der Waals surface area contributed by atoms with E-state index in [9.17, 15) is 26.4 Å². The molecule has 11 heteroatoms. The molecule has 1 aliphatic rings. The van der Waals surface area contributed by atoms with Crippen LogP contribution in [-0.2, 0) is 16.2 Å². The number of halogens is 3. The molecule has 1 aromatic heterocycles. The first-order chi connectivity index (χ1) is 17.2. The number of nitrogens with zero attached hydrogens (tertiary/aromatic N) is 2. The van der Waals surface area contributed by atoms with Crippen molar-refractivity contribution in [2.75, 3.05) is 17.2 Å². The van der Waals surface area contributed by atoms with Gasteiger partial charge in [-0.1, -0.05) is 25.1 Å². The molecule has 0 saturated carbocycles. The third-order valence-electron chi connectivity index (χ3n) is 6.35. The van der Waals surface area contributed by atoms with E-state index in [2.05, 4.69) is 16.6 Å². The van der Waals surface area contributed by atoms with Crippen LogP contribution in [0.1, 0.15) is 43.1 Å². The highest BCUT2D eigenvalue weighted by Crippen LogP contribution is 2.38. The van der Waals surface area contributed by atoms with Gasteiger partial charge in [0.25, 0.3) is 15.9 Å². The summed E-state index contributed by atoms with van der Waals surface area (Å²) in [6.07, 6.45) is -3.66. The molecule has 3 aromatic rings. The highest BCUT2D eigenvalue weighted by Gasteiger charge is 2.39. The maximum Gasteiger partial charge on any atom is 0.416 e. The number of alkyl halides is 3. The summed E-state index contributed by atoms with van der Waals surface area (Å²) in [6.45, 7) is 6.62. The van der Waals surface area contributed by atoms with Gasteiger partial charge in [-0.25, -0.2) is 18.1 Å². The molecule has 0 aliphatic carbocycles. The minimum atomic E-state index is -4.47. The molecular formula is C26H27F3N4O3S. The molecular weight excluding hydrogens is 505 g/mol. The molecule has 1 saturated heterocycles. The normalized spacial score (nSPS) is 17.6. The fourth-order valence-electron chi connectivity index (χ4n) is 4.70. The average Bonchev–Trinajstić information content (AvgIpc) is 3.09. The van der Waals surface area contributed by atoms with Gasteiger partial charge in [0, 0.05) is 23.3 Å². The first-order valence-corrected chi connectivity index (χ1v) is 13.0. The van der Waals surface area contributed by atoms with Crippen molar-refractivity contribution in [3.05, 3.63) is 71.8 Å². The summed E-state index contributed by atoms with van der Waals surface area (Å²) in [4.78, 5) is 19.7. The number of hydrogen-bond donors (Lipinski definition) is 2. The SMILES string of the molecule is C[C@@H]1CN(c2nc(-c3ccc(C(F)(F)F)cc3)ccc2C(=O)NS(=O)(=O)c2cccc(N)c2)C(C)(C)C1. The molecule has 0 bridgehead atoms. The Balaban J connectivity index is 1.76. The summed E-state index contributed by atoms with van der Waals surface area (Å²) in [5.41, 5.74) is 5.56.